The third kappa shape index (κ3) is 1.60. The number of rotatable bonds is 0. The number of fused-ring (bicyclic) bond motifs is 1. The molecule has 0 aliphatic carbocycles. The summed E-state index contributed by atoms with van der Waals surface area (Å²) in [4.78, 5) is 8.17. The summed E-state index contributed by atoms with van der Waals surface area (Å²) >= 11 is 5.73. The number of hydrogen-bond donors (Lipinski definition) is 0. The fraction of sp³-hybridized carbons (Fsp3) is 0.400. The lowest BCUT2D eigenvalue weighted by atomic mass is 9.93. The second-order valence-corrected chi connectivity index (χ2v) is 4.63. The van der Waals surface area contributed by atoms with E-state index in [9.17, 15) is 0 Å². The minimum atomic E-state index is -0.0329. The average molecular weight is 211 g/mol. The topological polar surface area (TPSA) is 38.9 Å². The summed E-state index contributed by atoms with van der Waals surface area (Å²) in [6.07, 6.45) is 1.49. The van der Waals surface area contributed by atoms with E-state index >= 15 is 0 Å². The van der Waals surface area contributed by atoms with Crippen molar-refractivity contribution in [3.8, 4) is 0 Å². The van der Waals surface area contributed by atoms with Gasteiger partial charge in [0.25, 0.3) is 0 Å². The van der Waals surface area contributed by atoms with Crippen LogP contribution >= 0.6 is 11.6 Å². The van der Waals surface area contributed by atoms with Crippen LogP contribution in [0.5, 0.6) is 0 Å². The molecule has 2 aromatic rings. The van der Waals surface area contributed by atoms with Crippen LogP contribution in [0.3, 0.4) is 0 Å². The zero-order valence-corrected chi connectivity index (χ0v) is 9.09. The number of halogens is 1. The Balaban J connectivity index is 2.63. The summed E-state index contributed by atoms with van der Waals surface area (Å²) < 4.78 is 5.56. The van der Waals surface area contributed by atoms with Crippen molar-refractivity contribution in [2.24, 2.45) is 0 Å². The zero-order chi connectivity index (χ0) is 10.3. The van der Waals surface area contributed by atoms with Crippen molar-refractivity contribution < 1.29 is 4.42 Å². The highest BCUT2D eigenvalue weighted by atomic mass is 35.5. The molecule has 0 bridgehead atoms. The van der Waals surface area contributed by atoms with Gasteiger partial charge >= 0.3 is 0 Å². The van der Waals surface area contributed by atoms with E-state index in [0.29, 0.717) is 16.4 Å². The maximum Gasteiger partial charge on any atom is 0.245 e. The SMILES string of the molecule is CC(C)(C)c1cc2nc(Cl)cnc2o1. The number of furan rings is 1. The van der Waals surface area contributed by atoms with Gasteiger partial charge in [-0.15, -0.1) is 0 Å². The molecule has 3 nitrogen and oxygen atoms in total. The molecule has 0 N–H and O–H groups in total. The molecule has 0 aliphatic rings. The predicted molar refractivity (Wildman–Crippen MR) is 55.5 cm³/mol. The van der Waals surface area contributed by atoms with Gasteiger partial charge in [-0.05, 0) is 0 Å². The van der Waals surface area contributed by atoms with Crippen LogP contribution in [0.25, 0.3) is 11.2 Å². The summed E-state index contributed by atoms with van der Waals surface area (Å²) in [6.45, 7) is 6.23. The fourth-order valence-electron chi connectivity index (χ4n) is 1.17. The van der Waals surface area contributed by atoms with Gasteiger partial charge in [0.05, 0.1) is 6.20 Å². The first-order valence-corrected chi connectivity index (χ1v) is 4.77. The van der Waals surface area contributed by atoms with Gasteiger partial charge in [-0.2, -0.15) is 0 Å². The molecule has 0 atom stereocenters. The van der Waals surface area contributed by atoms with E-state index in [0.717, 1.165) is 5.76 Å². The van der Waals surface area contributed by atoms with E-state index in [1.807, 2.05) is 6.07 Å². The molecule has 0 aliphatic heterocycles. The largest absolute Gasteiger partial charge is 0.441 e. The monoisotopic (exact) mass is 210 g/mol. The van der Waals surface area contributed by atoms with E-state index < -0.39 is 0 Å². The van der Waals surface area contributed by atoms with Crippen molar-refractivity contribution in [1.29, 1.82) is 0 Å². The lowest BCUT2D eigenvalue weighted by Gasteiger charge is -2.13. The van der Waals surface area contributed by atoms with Gasteiger partial charge in [0.1, 0.15) is 16.4 Å². The minimum absolute atomic E-state index is 0.0329. The molecule has 0 saturated carbocycles. The van der Waals surface area contributed by atoms with Crippen LogP contribution in [-0.2, 0) is 5.41 Å². The van der Waals surface area contributed by atoms with Gasteiger partial charge in [-0.1, -0.05) is 32.4 Å². The molecule has 2 heterocycles. The average Bonchev–Trinajstić information content (AvgIpc) is 2.45. The Morgan fingerprint density at radius 1 is 1.36 bits per heavy atom. The Morgan fingerprint density at radius 3 is 2.71 bits per heavy atom. The summed E-state index contributed by atoms with van der Waals surface area (Å²) in [5.41, 5.74) is 1.22. The molecule has 4 heteroatoms. The first-order valence-electron chi connectivity index (χ1n) is 4.39. The van der Waals surface area contributed by atoms with E-state index in [1.165, 1.54) is 6.20 Å². The smallest absolute Gasteiger partial charge is 0.245 e. The van der Waals surface area contributed by atoms with Crippen molar-refractivity contribution in [3.63, 3.8) is 0 Å². The van der Waals surface area contributed by atoms with Crippen molar-refractivity contribution in [1.82, 2.24) is 9.97 Å². The third-order valence-electron chi connectivity index (χ3n) is 1.95. The molecule has 2 rings (SSSR count). The maximum atomic E-state index is 5.73. The van der Waals surface area contributed by atoms with Gasteiger partial charge in [0, 0.05) is 11.5 Å². The van der Waals surface area contributed by atoms with Gasteiger partial charge in [-0.25, -0.2) is 9.97 Å². The molecular weight excluding hydrogens is 200 g/mol. The van der Waals surface area contributed by atoms with E-state index in [4.69, 9.17) is 16.0 Å². The fourth-order valence-corrected chi connectivity index (χ4v) is 1.31. The summed E-state index contributed by atoms with van der Waals surface area (Å²) in [6, 6.07) is 1.88. The standard InChI is InChI=1S/C10H11ClN2O/c1-10(2,3)7-4-6-9(14-7)12-5-8(11)13-6/h4-5H,1-3H3. The van der Waals surface area contributed by atoms with Crippen molar-refractivity contribution in [2.75, 3.05) is 0 Å². The quantitative estimate of drug-likeness (QED) is 0.671. The molecule has 0 saturated heterocycles. The number of hydrogen-bond acceptors (Lipinski definition) is 3. The first-order chi connectivity index (χ1) is 6.47. The Bertz CT molecular complexity index is 470. The Hall–Kier alpha value is -1.09. The normalized spacial score (nSPS) is 12.3. The summed E-state index contributed by atoms with van der Waals surface area (Å²) in [5.74, 6) is 0.870. The lowest BCUT2D eigenvalue weighted by Crippen LogP contribution is -2.08. The highest BCUT2D eigenvalue weighted by Gasteiger charge is 2.19. The van der Waals surface area contributed by atoms with Crippen LogP contribution in [0, 0.1) is 0 Å². The maximum absolute atomic E-state index is 5.73. The van der Waals surface area contributed by atoms with Crippen molar-refractivity contribution in [3.05, 3.63) is 23.2 Å². The number of aromatic nitrogens is 2. The highest BCUT2D eigenvalue weighted by molar-refractivity contribution is 6.29. The van der Waals surface area contributed by atoms with Crippen LogP contribution < -0.4 is 0 Å². The Kier molecular flexibility index (Phi) is 2.00. The summed E-state index contributed by atoms with van der Waals surface area (Å²) in [5, 5.41) is 0.388. The molecule has 0 spiro atoms. The zero-order valence-electron chi connectivity index (χ0n) is 8.34. The molecule has 0 amide bonds. The van der Waals surface area contributed by atoms with E-state index in [-0.39, 0.29) is 5.41 Å². The van der Waals surface area contributed by atoms with Crippen LogP contribution in [0.4, 0.5) is 0 Å². The third-order valence-corrected chi connectivity index (χ3v) is 2.13. The summed E-state index contributed by atoms with van der Waals surface area (Å²) in [7, 11) is 0. The molecule has 0 aromatic carbocycles. The van der Waals surface area contributed by atoms with Gasteiger partial charge in [0.15, 0.2) is 0 Å². The highest BCUT2D eigenvalue weighted by Crippen LogP contribution is 2.27. The van der Waals surface area contributed by atoms with E-state index in [1.54, 1.807) is 0 Å². The lowest BCUT2D eigenvalue weighted by molar-refractivity contribution is 0.426. The molecular formula is C10H11ClN2O. The molecule has 0 fully saturated rings. The van der Waals surface area contributed by atoms with Crippen LogP contribution in [0.2, 0.25) is 5.15 Å². The Morgan fingerprint density at radius 2 is 2.07 bits per heavy atom. The second kappa shape index (κ2) is 2.95. The van der Waals surface area contributed by atoms with E-state index in [2.05, 4.69) is 30.7 Å². The molecule has 14 heavy (non-hydrogen) atoms. The van der Waals surface area contributed by atoms with Crippen LogP contribution in [0.1, 0.15) is 26.5 Å². The molecule has 0 radical (unpaired) electrons. The second-order valence-electron chi connectivity index (χ2n) is 4.24. The minimum Gasteiger partial charge on any atom is -0.441 e. The number of nitrogens with zero attached hydrogens (tertiary/aromatic N) is 2. The van der Waals surface area contributed by atoms with Gasteiger partial charge < -0.3 is 4.42 Å². The van der Waals surface area contributed by atoms with Crippen LogP contribution in [0.15, 0.2) is 16.7 Å². The van der Waals surface area contributed by atoms with Crippen molar-refractivity contribution >= 4 is 22.8 Å². The van der Waals surface area contributed by atoms with Gasteiger partial charge in [-0.3, -0.25) is 0 Å². The first kappa shape index (κ1) is 9.46. The predicted octanol–water partition coefficient (Wildman–Crippen LogP) is 3.17. The van der Waals surface area contributed by atoms with Crippen LogP contribution in [-0.4, -0.2) is 9.97 Å². The van der Waals surface area contributed by atoms with Crippen molar-refractivity contribution in [2.45, 2.75) is 26.2 Å². The van der Waals surface area contributed by atoms with Gasteiger partial charge in [0.2, 0.25) is 5.71 Å². The molecule has 2 aromatic heterocycles. The molecule has 74 valence electrons. The molecule has 0 unspecified atom stereocenters. The Labute approximate surface area is 87.1 Å².